The van der Waals surface area contributed by atoms with Gasteiger partial charge >= 0.3 is 0 Å². The summed E-state index contributed by atoms with van der Waals surface area (Å²) in [7, 11) is 0. The zero-order valence-electron chi connectivity index (χ0n) is 12.2. The summed E-state index contributed by atoms with van der Waals surface area (Å²) in [6.07, 6.45) is 2.08. The lowest BCUT2D eigenvalue weighted by Gasteiger charge is -2.12. The molecule has 2 nitrogen and oxygen atoms in total. The average Bonchev–Trinajstić information content (AvgIpc) is 3.04. The minimum atomic E-state index is 0.173. The standard InChI is InChI=1S/C20H15NO/c22-20-19-17-10-4-3-8-15(17)14-7-1-2-9-16(14)18(19)12-13-6-5-11-21(13)20/h1-4,7-10,12H,5-6,11H2. The molecule has 0 amide bonds. The van der Waals surface area contributed by atoms with Gasteiger partial charge in [-0.15, -0.1) is 0 Å². The summed E-state index contributed by atoms with van der Waals surface area (Å²) in [4.78, 5) is 13.0. The highest BCUT2D eigenvalue weighted by atomic mass is 16.1. The first-order valence-corrected chi connectivity index (χ1v) is 7.80. The van der Waals surface area contributed by atoms with E-state index in [9.17, 15) is 4.79 Å². The Morgan fingerprint density at radius 2 is 1.36 bits per heavy atom. The Morgan fingerprint density at radius 1 is 0.773 bits per heavy atom. The Kier molecular flexibility index (Phi) is 2.29. The van der Waals surface area contributed by atoms with Crippen molar-refractivity contribution in [2.24, 2.45) is 0 Å². The topological polar surface area (TPSA) is 22.0 Å². The number of benzene rings is 3. The molecule has 0 bridgehead atoms. The summed E-state index contributed by atoms with van der Waals surface area (Å²) in [6, 6.07) is 18.9. The van der Waals surface area contributed by atoms with Crippen molar-refractivity contribution in [3.05, 3.63) is 70.6 Å². The van der Waals surface area contributed by atoms with Gasteiger partial charge in [-0.2, -0.15) is 0 Å². The molecule has 2 heterocycles. The van der Waals surface area contributed by atoms with Crippen molar-refractivity contribution in [1.29, 1.82) is 0 Å². The molecule has 0 radical (unpaired) electrons. The van der Waals surface area contributed by atoms with Crippen LogP contribution in [0, 0.1) is 0 Å². The molecule has 1 aliphatic heterocycles. The van der Waals surface area contributed by atoms with Crippen molar-refractivity contribution in [3.63, 3.8) is 0 Å². The Hall–Kier alpha value is -2.61. The number of hydrogen-bond acceptors (Lipinski definition) is 1. The van der Waals surface area contributed by atoms with E-state index in [0.717, 1.165) is 35.5 Å². The van der Waals surface area contributed by atoms with Crippen LogP contribution in [0.2, 0.25) is 0 Å². The van der Waals surface area contributed by atoms with Crippen molar-refractivity contribution in [2.75, 3.05) is 0 Å². The van der Waals surface area contributed by atoms with Gasteiger partial charge in [0.15, 0.2) is 0 Å². The van der Waals surface area contributed by atoms with Crippen LogP contribution in [0.1, 0.15) is 12.1 Å². The lowest BCUT2D eigenvalue weighted by molar-refractivity contribution is 0.727. The molecule has 0 N–H and O–H groups in total. The van der Waals surface area contributed by atoms with E-state index in [1.54, 1.807) is 0 Å². The maximum Gasteiger partial charge on any atom is 0.259 e. The fraction of sp³-hybridized carbons (Fsp3) is 0.150. The molecule has 0 aliphatic carbocycles. The fourth-order valence-corrected chi connectivity index (χ4v) is 3.93. The molecule has 0 saturated heterocycles. The third kappa shape index (κ3) is 1.42. The van der Waals surface area contributed by atoms with Gasteiger partial charge in [-0.05, 0) is 45.8 Å². The molecule has 5 rings (SSSR count). The van der Waals surface area contributed by atoms with Crippen LogP contribution in [0.25, 0.3) is 32.3 Å². The highest BCUT2D eigenvalue weighted by Crippen LogP contribution is 2.34. The van der Waals surface area contributed by atoms with Gasteiger partial charge in [0.25, 0.3) is 5.56 Å². The molecule has 106 valence electrons. The second-order valence-corrected chi connectivity index (χ2v) is 6.08. The highest BCUT2D eigenvalue weighted by molar-refractivity contribution is 6.25. The van der Waals surface area contributed by atoms with Gasteiger partial charge in [0.2, 0.25) is 0 Å². The Labute approximate surface area is 127 Å². The predicted molar refractivity (Wildman–Crippen MR) is 91.5 cm³/mol. The van der Waals surface area contributed by atoms with Gasteiger partial charge in [-0.25, -0.2) is 0 Å². The number of fused-ring (bicyclic) bond motifs is 7. The van der Waals surface area contributed by atoms with Crippen molar-refractivity contribution in [1.82, 2.24) is 4.57 Å². The number of rotatable bonds is 0. The van der Waals surface area contributed by atoms with Crippen LogP contribution in [0.3, 0.4) is 0 Å². The molecule has 0 spiro atoms. The van der Waals surface area contributed by atoms with E-state index < -0.39 is 0 Å². The molecular weight excluding hydrogens is 270 g/mol. The first-order chi connectivity index (χ1) is 10.8. The number of hydrogen-bond donors (Lipinski definition) is 0. The second-order valence-electron chi connectivity index (χ2n) is 6.08. The lowest BCUT2D eigenvalue weighted by atomic mass is 9.95. The quantitative estimate of drug-likeness (QED) is 0.443. The Bertz CT molecular complexity index is 1120. The number of nitrogens with zero attached hydrogens (tertiary/aromatic N) is 1. The second kappa shape index (κ2) is 4.20. The molecular formula is C20H15NO. The first kappa shape index (κ1) is 12.0. The van der Waals surface area contributed by atoms with Gasteiger partial charge in [0.05, 0.1) is 5.39 Å². The van der Waals surface area contributed by atoms with E-state index >= 15 is 0 Å². The summed E-state index contributed by atoms with van der Waals surface area (Å²) in [6.45, 7) is 0.852. The van der Waals surface area contributed by atoms with Crippen LogP contribution >= 0.6 is 0 Å². The molecule has 0 unspecified atom stereocenters. The van der Waals surface area contributed by atoms with Gasteiger partial charge in [-0.3, -0.25) is 4.79 Å². The Balaban J connectivity index is 2.19. The lowest BCUT2D eigenvalue weighted by Crippen LogP contribution is -2.19. The maximum atomic E-state index is 13.0. The van der Waals surface area contributed by atoms with Crippen LogP contribution < -0.4 is 5.56 Å². The van der Waals surface area contributed by atoms with Gasteiger partial charge in [0.1, 0.15) is 0 Å². The van der Waals surface area contributed by atoms with Crippen molar-refractivity contribution >= 4 is 32.3 Å². The minimum Gasteiger partial charge on any atom is -0.312 e. The zero-order chi connectivity index (χ0) is 14.7. The van der Waals surface area contributed by atoms with Crippen LogP contribution in [-0.2, 0) is 13.0 Å². The average molecular weight is 285 g/mol. The normalized spacial score (nSPS) is 14.0. The molecule has 4 aromatic rings. The summed E-state index contributed by atoms with van der Waals surface area (Å²) in [5, 5.41) is 6.63. The van der Waals surface area contributed by atoms with E-state index in [1.807, 2.05) is 16.7 Å². The van der Waals surface area contributed by atoms with E-state index in [2.05, 4.69) is 42.5 Å². The molecule has 0 atom stereocenters. The van der Waals surface area contributed by atoms with Gasteiger partial charge in [0, 0.05) is 12.2 Å². The van der Waals surface area contributed by atoms with Crippen molar-refractivity contribution in [3.8, 4) is 0 Å². The SMILES string of the molecule is O=c1c2c3ccccc3c3ccccc3c2cc2n1CCC2. The minimum absolute atomic E-state index is 0.173. The van der Waals surface area contributed by atoms with E-state index in [1.165, 1.54) is 21.9 Å². The third-order valence-electron chi connectivity index (χ3n) is 4.90. The fourth-order valence-electron chi connectivity index (χ4n) is 3.93. The molecule has 0 saturated carbocycles. The van der Waals surface area contributed by atoms with Crippen LogP contribution in [0.15, 0.2) is 59.4 Å². The summed E-state index contributed by atoms with van der Waals surface area (Å²) in [5.74, 6) is 0. The molecule has 0 fully saturated rings. The van der Waals surface area contributed by atoms with Gasteiger partial charge < -0.3 is 4.57 Å². The largest absolute Gasteiger partial charge is 0.312 e. The number of pyridine rings is 1. The highest BCUT2D eigenvalue weighted by Gasteiger charge is 2.18. The van der Waals surface area contributed by atoms with Crippen LogP contribution in [0.4, 0.5) is 0 Å². The van der Waals surface area contributed by atoms with E-state index in [-0.39, 0.29) is 5.56 Å². The molecule has 22 heavy (non-hydrogen) atoms. The summed E-state index contributed by atoms with van der Waals surface area (Å²) in [5.41, 5.74) is 1.35. The molecule has 2 heteroatoms. The summed E-state index contributed by atoms with van der Waals surface area (Å²) >= 11 is 0. The van der Waals surface area contributed by atoms with Crippen molar-refractivity contribution in [2.45, 2.75) is 19.4 Å². The molecule has 1 aromatic heterocycles. The predicted octanol–water partition coefficient (Wildman–Crippen LogP) is 4.25. The van der Waals surface area contributed by atoms with E-state index in [4.69, 9.17) is 0 Å². The first-order valence-electron chi connectivity index (χ1n) is 7.80. The van der Waals surface area contributed by atoms with Crippen molar-refractivity contribution < 1.29 is 0 Å². The smallest absolute Gasteiger partial charge is 0.259 e. The number of aromatic nitrogens is 1. The maximum absolute atomic E-state index is 13.0. The molecule has 3 aromatic carbocycles. The van der Waals surface area contributed by atoms with Gasteiger partial charge in [-0.1, -0.05) is 48.5 Å². The molecule has 1 aliphatic rings. The zero-order valence-corrected chi connectivity index (χ0v) is 12.2. The Morgan fingerprint density at radius 3 is 2.09 bits per heavy atom. The van der Waals surface area contributed by atoms with E-state index in [0.29, 0.717) is 0 Å². The number of aryl methyl sites for hydroxylation is 1. The van der Waals surface area contributed by atoms with Crippen LogP contribution in [0.5, 0.6) is 0 Å². The third-order valence-corrected chi connectivity index (χ3v) is 4.90. The summed E-state index contributed by atoms with van der Waals surface area (Å²) < 4.78 is 1.96. The van der Waals surface area contributed by atoms with Crippen LogP contribution in [-0.4, -0.2) is 4.57 Å². The monoisotopic (exact) mass is 285 g/mol.